The van der Waals surface area contributed by atoms with Crippen LogP contribution in [0.2, 0.25) is 0 Å². The second kappa shape index (κ2) is 9.17. The fourth-order valence-electron chi connectivity index (χ4n) is 2.93. The van der Waals surface area contributed by atoms with Gasteiger partial charge >= 0.3 is 12.4 Å². The molecule has 3 aromatic rings. The number of nitrogens with zero attached hydrogens (tertiary/aromatic N) is 3. The van der Waals surface area contributed by atoms with Crippen LogP contribution < -0.4 is 0 Å². The van der Waals surface area contributed by atoms with Crippen LogP contribution in [0.4, 0.5) is 48.3 Å². The molecule has 0 unspecified atom stereocenters. The number of carbonyl (C=O) groups excluding carboxylic acids is 1. The summed E-state index contributed by atoms with van der Waals surface area (Å²) in [7, 11) is 0. The Kier molecular flexibility index (Phi) is 7.37. The van der Waals surface area contributed by atoms with Crippen LogP contribution in [0.1, 0.15) is 32.9 Å². The number of hydrogen-bond acceptors (Lipinski definition) is 4. The molecule has 35 heavy (non-hydrogen) atoms. The third-order valence-corrected chi connectivity index (χ3v) is 4.35. The van der Waals surface area contributed by atoms with E-state index in [4.69, 9.17) is 0 Å². The molecule has 0 spiro atoms. The van der Waals surface area contributed by atoms with Gasteiger partial charge in [-0.15, -0.1) is 0 Å². The number of benzene rings is 1. The predicted molar refractivity (Wildman–Crippen MR) is 87.4 cm³/mol. The molecule has 184 valence electrons. The van der Waals surface area contributed by atoms with Crippen LogP contribution in [0.3, 0.4) is 0 Å². The molecule has 3 rings (SSSR count). The van der Waals surface area contributed by atoms with E-state index >= 15 is 0 Å². The zero-order valence-corrected chi connectivity index (χ0v) is 19.7. The van der Waals surface area contributed by atoms with E-state index in [1.807, 2.05) is 0 Å². The SMILES string of the molecule is Cc1nn(-c2c(F)c(F)nc(C(F)(F)F)c2F)c(O)c1C(=O)c1cc(F)c(C(F)(F)F)c(F)c1.[Zn]. The first kappa shape index (κ1) is 28.1. The molecule has 2 aromatic heterocycles. The monoisotopic (exact) mass is 569 g/mol. The van der Waals surface area contributed by atoms with Crippen LogP contribution in [0.15, 0.2) is 12.1 Å². The fraction of sp³-hybridized carbons (Fsp3) is 0.167. The van der Waals surface area contributed by atoms with Gasteiger partial charge in [0.2, 0.25) is 17.5 Å². The number of pyridine rings is 1. The zero-order valence-electron chi connectivity index (χ0n) is 16.7. The van der Waals surface area contributed by atoms with Crippen LogP contribution in [0.25, 0.3) is 5.69 Å². The maximum absolute atomic E-state index is 14.4. The summed E-state index contributed by atoms with van der Waals surface area (Å²) < 4.78 is 146. The van der Waals surface area contributed by atoms with Gasteiger partial charge in [-0.3, -0.25) is 4.79 Å². The van der Waals surface area contributed by atoms with Gasteiger partial charge in [-0.1, -0.05) is 0 Å². The number of ketones is 1. The van der Waals surface area contributed by atoms with Crippen molar-refractivity contribution < 1.29 is 77.7 Å². The topological polar surface area (TPSA) is 68.0 Å². The van der Waals surface area contributed by atoms with Gasteiger partial charge in [0, 0.05) is 25.0 Å². The number of carbonyl (C=O) groups is 1. The van der Waals surface area contributed by atoms with E-state index in [9.17, 15) is 58.2 Å². The summed E-state index contributed by atoms with van der Waals surface area (Å²) in [6.07, 6.45) is -11.1. The van der Waals surface area contributed by atoms with Gasteiger partial charge in [0.1, 0.15) is 28.4 Å². The molecule has 0 aliphatic carbocycles. The number of halogens is 11. The summed E-state index contributed by atoms with van der Waals surface area (Å²) in [5.41, 5.74) is -9.75. The third-order valence-electron chi connectivity index (χ3n) is 4.35. The Labute approximate surface area is 198 Å². The molecule has 17 heteroatoms. The van der Waals surface area contributed by atoms with Gasteiger partial charge in [-0.05, 0) is 19.1 Å². The molecule has 1 N–H and O–H groups in total. The van der Waals surface area contributed by atoms with Crippen molar-refractivity contribution in [1.29, 1.82) is 0 Å². The molecule has 0 saturated heterocycles. The van der Waals surface area contributed by atoms with Crippen LogP contribution >= 0.6 is 0 Å². The van der Waals surface area contributed by atoms with Crippen LogP contribution in [-0.2, 0) is 31.8 Å². The van der Waals surface area contributed by atoms with Crippen molar-refractivity contribution in [2.24, 2.45) is 0 Å². The zero-order chi connectivity index (χ0) is 25.9. The average molecular weight is 571 g/mol. The van der Waals surface area contributed by atoms with Crippen molar-refractivity contribution >= 4 is 5.78 Å². The summed E-state index contributed by atoms with van der Waals surface area (Å²) in [6.45, 7) is 0.846. The molecule has 0 bridgehead atoms. The predicted octanol–water partition coefficient (Wildman–Crippen LogP) is 5.24. The molecule has 1 aromatic carbocycles. The van der Waals surface area contributed by atoms with Crippen molar-refractivity contribution in [2.75, 3.05) is 0 Å². The van der Waals surface area contributed by atoms with Gasteiger partial charge in [-0.2, -0.15) is 44.9 Å². The van der Waals surface area contributed by atoms with E-state index in [0.29, 0.717) is 0 Å². The van der Waals surface area contributed by atoms with Crippen LogP contribution in [-0.4, -0.2) is 25.7 Å². The number of aromatic nitrogens is 3. The summed E-state index contributed by atoms with van der Waals surface area (Å²) in [4.78, 5) is 14.7. The largest absolute Gasteiger partial charge is 0.493 e. The van der Waals surface area contributed by atoms with E-state index in [1.54, 1.807) is 0 Å². The van der Waals surface area contributed by atoms with Gasteiger partial charge in [0.25, 0.3) is 5.95 Å². The van der Waals surface area contributed by atoms with Crippen LogP contribution in [0, 0.1) is 36.1 Å². The summed E-state index contributed by atoms with van der Waals surface area (Å²) in [6, 6.07) is -0.112. The number of aromatic hydroxyl groups is 1. The molecule has 0 saturated carbocycles. The number of aryl methyl sites for hydroxylation is 1. The Morgan fingerprint density at radius 2 is 1.43 bits per heavy atom. The molecular formula is C18H6F11N3O2Zn. The minimum atomic E-state index is -5.63. The molecule has 0 radical (unpaired) electrons. The molecule has 0 fully saturated rings. The van der Waals surface area contributed by atoms with Crippen LogP contribution in [0.5, 0.6) is 5.88 Å². The van der Waals surface area contributed by atoms with Crippen molar-refractivity contribution in [3.63, 3.8) is 0 Å². The first-order valence-corrected chi connectivity index (χ1v) is 8.48. The van der Waals surface area contributed by atoms with Crippen molar-refractivity contribution in [2.45, 2.75) is 19.3 Å². The number of alkyl halides is 6. The summed E-state index contributed by atoms with van der Waals surface area (Å²) in [5, 5.41) is 13.5. The van der Waals surface area contributed by atoms with Gasteiger partial charge in [0.05, 0.1) is 5.69 Å². The molecule has 0 aliphatic heterocycles. The Morgan fingerprint density at radius 1 is 0.914 bits per heavy atom. The van der Waals surface area contributed by atoms with Gasteiger partial charge in [-0.25, -0.2) is 18.2 Å². The molecule has 0 atom stereocenters. The molecular weight excluding hydrogens is 565 g/mol. The normalized spacial score (nSPS) is 12.0. The Bertz CT molecular complexity index is 1310. The Hall–Kier alpha value is -3.10. The first-order valence-electron chi connectivity index (χ1n) is 8.48. The van der Waals surface area contributed by atoms with Gasteiger partial charge < -0.3 is 5.11 Å². The Balaban J connectivity index is 0.00000432. The Morgan fingerprint density at radius 3 is 1.89 bits per heavy atom. The van der Waals surface area contributed by atoms with Gasteiger partial charge in [0.15, 0.2) is 11.5 Å². The first-order chi connectivity index (χ1) is 15.5. The standard InChI is InChI=1S/C18H6F11N3O2.Zn/c1-4-8(13(33)5-2-6(19)9(7(20)3-5)17(24,25)26)16(34)32(31-4)12-10(21)14(18(27,28)29)30-15(23)11(12)22;/h2-3,34H,1H3;. The summed E-state index contributed by atoms with van der Waals surface area (Å²) in [5.74, 6) is -15.0. The smallest absolute Gasteiger partial charge is 0.436 e. The average Bonchev–Trinajstić information content (AvgIpc) is 2.95. The molecule has 0 amide bonds. The second-order valence-electron chi connectivity index (χ2n) is 6.56. The van der Waals surface area contributed by atoms with Crippen molar-refractivity contribution in [1.82, 2.24) is 14.8 Å². The minimum absolute atomic E-state index is 0. The third kappa shape index (κ3) is 4.86. The maximum Gasteiger partial charge on any atom is 0.436 e. The maximum atomic E-state index is 14.4. The van der Waals surface area contributed by atoms with E-state index in [1.165, 1.54) is 0 Å². The quantitative estimate of drug-likeness (QED) is 0.202. The molecule has 0 aliphatic rings. The summed E-state index contributed by atoms with van der Waals surface area (Å²) >= 11 is 0. The minimum Gasteiger partial charge on any atom is -0.493 e. The number of rotatable bonds is 3. The van der Waals surface area contributed by atoms with Crippen molar-refractivity contribution in [3.8, 4) is 11.6 Å². The second-order valence-corrected chi connectivity index (χ2v) is 6.56. The molecule has 2 heterocycles. The van der Waals surface area contributed by atoms with E-state index in [0.717, 1.165) is 6.92 Å². The fourth-order valence-corrected chi connectivity index (χ4v) is 2.93. The van der Waals surface area contributed by atoms with E-state index in [-0.39, 0.29) is 36.3 Å². The van der Waals surface area contributed by atoms with E-state index in [2.05, 4.69) is 10.1 Å². The van der Waals surface area contributed by atoms with Crippen molar-refractivity contribution in [3.05, 3.63) is 69.4 Å². The van der Waals surface area contributed by atoms with E-state index < -0.39 is 87.0 Å². The molecule has 5 nitrogen and oxygen atoms in total. The number of hydrogen-bond donors (Lipinski definition) is 1.